The van der Waals surface area contributed by atoms with Gasteiger partial charge >= 0.3 is 0 Å². The molecule has 0 aliphatic carbocycles. The second-order valence-electron chi connectivity index (χ2n) is 7.07. The molecule has 4 aromatic rings. The molecule has 0 heterocycles. The van der Waals surface area contributed by atoms with Crippen LogP contribution >= 0.6 is 0 Å². The van der Waals surface area contributed by atoms with Crippen molar-refractivity contribution in [1.29, 1.82) is 0 Å². The maximum absolute atomic E-state index is 3.62. The standard InChI is InChI=1S/C28H25N/c1-5-13-23(14-6-1)27(24-15-7-2-8-16-24)21-29-22-28(25-17-9-3-10-18-25)26-19-11-4-12-20-26/h1-21,28-29H,22H2. The first kappa shape index (κ1) is 18.8. The molecular formula is C28H25N. The third kappa shape index (κ3) is 4.83. The van der Waals surface area contributed by atoms with E-state index in [2.05, 4.69) is 133 Å². The second-order valence-corrected chi connectivity index (χ2v) is 7.07. The van der Waals surface area contributed by atoms with Crippen LogP contribution in [0.25, 0.3) is 5.57 Å². The summed E-state index contributed by atoms with van der Waals surface area (Å²) in [6, 6.07) is 42.5. The zero-order valence-corrected chi connectivity index (χ0v) is 16.4. The van der Waals surface area contributed by atoms with E-state index in [1.54, 1.807) is 0 Å². The van der Waals surface area contributed by atoms with Crippen molar-refractivity contribution in [2.45, 2.75) is 5.92 Å². The van der Waals surface area contributed by atoms with Crippen LogP contribution < -0.4 is 5.32 Å². The van der Waals surface area contributed by atoms with Gasteiger partial charge in [0.1, 0.15) is 0 Å². The summed E-state index contributed by atoms with van der Waals surface area (Å²) >= 11 is 0. The van der Waals surface area contributed by atoms with Crippen molar-refractivity contribution in [3.8, 4) is 0 Å². The van der Waals surface area contributed by atoms with Crippen molar-refractivity contribution in [1.82, 2.24) is 5.32 Å². The van der Waals surface area contributed by atoms with Crippen molar-refractivity contribution in [3.63, 3.8) is 0 Å². The van der Waals surface area contributed by atoms with E-state index in [9.17, 15) is 0 Å². The highest BCUT2D eigenvalue weighted by atomic mass is 14.8. The minimum atomic E-state index is 0.293. The highest BCUT2D eigenvalue weighted by Crippen LogP contribution is 2.25. The fourth-order valence-electron chi connectivity index (χ4n) is 3.65. The van der Waals surface area contributed by atoms with Gasteiger partial charge in [0, 0.05) is 24.2 Å². The minimum absolute atomic E-state index is 0.293. The summed E-state index contributed by atoms with van der Waals surface area (Å²) < 4.78 is 0. The largest absolute Gasteiger partial charge is 0.389 e. The molecule has 0 atom stereocenters. The fraction of sp³-hybridized carbons (Fsp3) is 0.0714. The zero-order chi connectivity index (χ0) is 19.7. The van der Waals surface area contributed by atoms with Crippen LogP contribution in [-0.2, 0) is 0 Å². The maximum atomic E-state index is 3.62. The van der Waals surface area contributed by atoms with E-state index in [-0.39, 0.29) is 0 Å². The normalized spacial score (nSPS) is 10.5. The monoisotopic (exact) mass is 375 g/mol. The molecule has 0 bridgehead atoms. The molecule has 0 aliphatic heterocycles. The van der Waals surface area contributed by atoms with Gasteiger partial charge in [0.25, 0.3) is 0 Å². The van der Waals surface area contributed by atoms with E-state index in [1.807, 2.05) is 0 Å². The van der Waals surface area contributed by atoms with Gasteiger partial charge in [-0.3, -0.25) is 0 Å². The molecule has 0 saturated carbocycles. The Bertz CT molecular complexity index is 942. The van der Waals surface area contributed by atoms with E-state index in [0.29, 0.717) is 5.92 Å². The number of rotatable bonds is 7. The molecule has 29 heavy (non-hydrogen) atoms. The molecule has 0 saturated heterocycles. The molecule has 1 N–H and O–H groups in total. The van der Waals surface area contributed by atoms with Gasteiger partial charge in [-0.05, 0) is 22.3 Å². The van der Waals surface area contributed by atoms with Crippen LogP contribution in [0.5, 0.6) is 0 Å². The third-order valence-corrected chi connectivity index (χ3v) is 5.14. The van der Waals surface area contributed by atoms with Gasteiger partial charge in [-0.25, -0.2) is 0 Å². The Hall–Kier alpha value is -3.58. The quantitative estimate of drug-likeness (QED) is 0.389. The van der Waals surface area contributed by atoms with E-state index in [0.717, 1.165) is 6.54 Å². The number of hydrogen-bond donors (Lipinski definition) is 1. The SMILES string of the molecule is C(NCC(c1ccccc1)c1ccccc1)=C(c1ccccc1)c1ccccc1. The second kappa shape index (κ2) is 9.57. The molecule has 142 valence electrons. The average molecular weight is 376 g/mol. The van der Waals surface area contributed by atoms with Crippen LogP contribution in [0.1, 0.15) is 28.2 Å². The van der Waals surface area contributed by atoms with Crippen LogP contribution in [0.4, 0.5) is 0 Å². The molecule has 4 aromatic carbocycles. The molecule has 0 aliphatic rings. The van der Waals surface area contributed by atoms with Gasteiger partial charge in [0.2, 0.25) is 0 Å². The lowest BCUT2D eigenvalue weighted by atomic mass is 9.91. The molecule has 0 fully saturated rings. The Morgan fingerprint density at radius 1 is 0.552 bits per heavy atom. The van der Waals surface area contributed by atoms with Gasteiger partial charge in [0.05, 0.1) is 0 Å². The van der Waals surface area contributed by atoms with E-state index in [1.165, 1.54) is 27.8 Å². The van der Waals surface area contributed by atoms with E-state index in [4.69, 9.17) is 0 Å². The minimum Gasteiger partial charge on any atom is -0.389 e. The predicted molar refractivity (Wildman–Crippen MR) is 123 cm³/mol. The Morgan fingerprint density at radius 3 is 1.34 bits per heavy atom. The highest BCUT2D eigenvalue weighted by molar-refractivity contribution is 5.79. The van der Waals surface area contributed by atoms with Crippen molar-refractivity contribution in [2.75, 3.05) is 6.54 Å². The molecule has 0 spiro atoms. The summed E-state index contributed by atoms with van der Waals surface area (Å²) in [7, 11) is 0. The van der Waals surface area contributed by atoms with Crippen LogP contribution in [0.3, 0.4) is 0 Å². The smallest absolute Gasteiger partial charge is 0.0262 e. The Labute approximate surface area is 173 Å². The highest BCUT2D eigenvalue weighted by Gasteiger charge is 2.13. The topological polar surface area (TPSA) is 12.0 Å². The predicted octanol–water partition coefficient (Wildman–Crippen LogP) is 6.50. The third-order valence-electron chi connectivity index (χ3n) is 5.14. The fourth-order valence-corrected chi connectivity index (χ4v) is 3.65. The van der Waals surface area contributed by atoms with Gasteiger partial charge in [-0.15, -0.1) is 0 Å². The molecule has 4 rings (SSSR count). The number of hydrogen-bond acceptors (Lipinski definition) is 1. The summed E-state index contributed by atoms with van der Waals surface area (Å²) in [6.07, 6.45) is 2.16. The van der Waals surface area contributed by atoms with Gasteiger partial charge < -0.3 is 5.32 Å². The van der Waals surface area contributed by atoms with Gasteiger partial charge in [0.15, 0.2) is 0 Å². The molecule has 0 radical (unpaired) electrons. The van der Waals surface area contributed by atoms with Crippen LogP contribution in [-0.4, -0.2) is 6.54 Å². The molecule has 1 nitrogen and oxygen atoms in total. The van der Waals surface area contributed by atoms with Crippen molar-refractivity contribution in [3.05, 3.63) is 150 Å². The molecule has 0 amide bonds. The summed E-state index contributed by atoms with van der Waals surface area (Å²) in [4.78, 5) is 0. The molecular weight excluding hydrogens is 350 g/mol. The van der Waals surface area contributed by atoms with Crippen molar-refractivity contribution in [2.24, 2.45) is 0 Å². The van der Waals surface area contributed by atoms with Gasteiger partial charge in [-0.2, -0.15) is 0 Å². The summed E-state index contributed by atoms with van der Waals surface area (Å²) in [5, 5.41) is 3.62. The maximum Gasteiger partial charge on any atom is 0.0262 e. The Balaban J connectivity index is 1.62. The first-order valence-electron chi connectivity index (χ1n) is 10.1. The van der Waals surface area contributed by atoms with E-state index >= 15 is 0 Å². The molecule has 0 aromatic heterocycles. The zero-order valence-electron chi connectivity index (χ0n) is 16.4. The average Bonchev–Trinajstić information content (AvgIpc) is 2.81. The molecule has 0 unspecified atom stereocenters. The Kier molecular flexibility index (Phi) is 6.19. The summed E-state index contributed by atoms with van der Waals surface area (Å²) in [6.45, 7) is 0.831. The lowest BCUT2D eigenvalue weighted by molar-refractivity contribution is 0.736. The lowest BCUT2D eigenvalue weighted by Crippen LogP contribution is -2.18. The van der Waals surface area contributed by atoms with Crippen LogP contribution in [0, 0.1) is 0 Å². The summed E-state index contributed by atoms with van der Waals surface area (Å²) in [5.74, 6) is 0.293. The van der Waals surface area contributed by atoms with Crippen LogP contribution in [0.15, 0.2) is 128 Å². The van der Waals surface area contributed by atoms with Crippen molar-refractivity contribution < 1.29 is 0 Å². The van der Waals surface area contributed by atoms with Crippen LogP contribution in [0.2, 0.25) is 0 Å². The summed E-state index contributed by atoms with van der Waals surface area (Å²) in [5.41, 5.74) is 6.26. The lowest BCUT2D eigenvalue weighted by Gasteiger charge is -2.19. The van der Waals surface area contributed by atoms with Crippen molar-refractivity contribution >= 4 is 5.57 Å². The van der Waals surface area contributed by atoms with E-state index < -0.39 is 0 Å². The van der Waals surface area contributed by atoms with Gasteiger partial charge in [-0.1, -0.05) is 121 Å². The Morgan fingerprint density at radius 2 is 0.931 bits per heavy atom. The molecule has 1 heteroatoms. The number of nitrogens with one attached hydrogen (secondary N) is 1. The number of benzene rings is 4. The first-order chi connectivity index (χ1) is 14.4. The first-order valence-corrected chi connectivity index (χ1v) is 10.1.